The Kier molecular flexibility index (Phi) is 14.9. The van der Waals surface area contributed by atoms with Crippen LogP contribution in [0.5, 0.6) is 11.5 Å². The van der Waals surface area contributed by atoms with Crippen LogP contribution >= 0.6 is 23.5 Å². The number of rotatable bonds is 10. The van der Waals surface area contributed by atoms with Crippen molar-refractivity contribution in [1.82, 2.24) is 9.80 Å². The van der Waals surface area contributed by atoms with Gasteiger partial charge >= 0.3 is 24.1 Å². The first-order chi connectivity index (χ1) is 26.0. The van der Waals surface area contributed by atoms with Crippen molar-refractivity contribution >= 4 is 59.5 Å². The van der Waals surface area contributed by atoms with E-state index in [9.17, 15) is 28.8 Å². The number of hydrogen-bond acceptors (Lipinski definition) is 12. The Bertz CT molecular complexity index is 1580. The zero-order chi connectivity index (χ0) is 38.8. The average molecular weight is 783 g/mol. The number of nitrogens with zero attached hydrogens (tertiary/aromatic N) is 2. The van der Waals surface area contributed by atoms with Crippen molar-refractivity contribution in [2.45, 2.75) is 99.7 Å². The zero-order valence-electron chi connectivity index (χ0n) is 31.5. The fourth-order valence-electron chi connectivity index (χ4n) is 8.10. The summed E-state index contributed by atoms with van der Waals surface area (Å²) in [6.45, 7) is 3.79. The van der Waals surface area contributed by atoms with Crippen molar-refractivity contribution in [3.63, 3.8) is 0 Å². The molecule has 2 saturated heterocycles. The van der Waals surface area contributed by atoms with Crippen LogP contribution in [0.15, 0.2) is 46.2 Å². The van der Waals surface area contributed by atoms with E-state index in [1.807, 2.05) is 24.6 Å². The summed E-state index contributed by atoms with van der Waals surface area (Å²) >= 11 is 2.91. The van der Waals surface area contributed by atoms with Crippen LogP contribution in [0.4, 0.5) is 9.59 Å². The third-order valence-electron chi connectivity index (χ3n) is 10.4. The van der Waals surface area contributed by atoms with E-state index in [4.69, 9.17) is 18.9 Å². The number of cyclic esters (lactones) is 2. The highest BCUT2D eigenvalue weighted by Gasteiger charge is 2.41. The number of ether oxygens (including phenoxy) is 4. The Morgan fingerprint density at radius 1 is 0.630 bits per heavy atom. The Morgan fingerprint density at radius 2 is 1.00 bits per heavy atom. The highest BCUT2D eigenvalue weighted by Crippen LogP contribution is 2.45. The van der Waals surface area contributed by atoms with Gasteiger partial charge in [-0.05, 0) is 73.3 Å². The molecule has 4 fully saturated rings. The largest absolute Gasteiger partial charge is 0.447 e. The minimum atomic E-state index is -0.567. The molecular weight excluding hydrogens is 733 g/mol. The molecule has 4 amide bonds. The molecule has 12 nitrogen and oxygen atoms in total. The van der Waals surface area contributed by atoms with Gasteiger partial charge in [0.25, 0.3) is 0 Å². The third-order valence-corrected chi connectivity index (χ3v) is 12.1. The lowest BCUT2D eigenvalue weighted by molar-refractivity contribution is -0.133. The van der Waals surface area contributed by atoms with Crippen LogP contribution in [-0.4, -0.2) is 84.6 Å². The normalized spacial score (nSPS) is 18.9. The molecular formula is C40H50N2O10S2. The molecule has 2 saturated carbocycles. The minimum Gasteiger partial charge on any atom is -0.447 e. The van der Waals surface area contributed by atoms with Gasteiger partial charge in [0.2, 0.25) is 11.8 Å². The van der Waals surface area contributed by atoms with E-state index in [0.717, 1.165) is 72.3 Å². The molecule has 0 spiro atoms. The van der Waals surface area contributed by atoms with E-state index in [-0.39, 0.29) is 36.9 Å². The van der Waals surface area contributed by atoms with Crippen LogP contribution < -0.4 is 9.47 Å². The second-order valence-corrected chi connectivity index (χ2v) is 15.5. The molecule has 0 aromatic heterocycles. The summed E-state index contributed by atoms with van der Waals surface area (Å²) in [5.74, 6) is -0.828. The first-order valence-corrected chi connectivity index (χ1v) is 21.2. The summed E-state index contributed by atoms with van der Waals surface area (Å²) in [5.41, 5.74) is 1.66. The molecule has 4 aliphatic rings. The van der Waals surface area contributed by atoms with Crippen LogP contribution in [0.2, 0.25) is 0 Å². The van der Waals surface area contributed by atoms with E-state index < -0.39 is 36.0 Å². The molecule has 2 heterocycles. The Labute approximate surface area is 325 Å². The van der Waals surface area contributed by atoms with Gasteiger partial charge in [-0.2, -0.15) is 0 Å². The third kappa shape index (κ3) is 9.79. The average Bonchev–Trinajstić information content (AvgIpc) is 3.80. The highest BCUT2D eigenvalue weighted by atomic mass is 32.2. The van der Waals surface area contributed by atoms with Crippen LogP contribution in [0.1, 0.15) is 101 Å². The van der Waals surface area contributed by atoms with Gasteiger partial charge in [0.1, 0.15) is 24.7 Å². The molecule has 0 bridgehead atoms. The van der Waals surface area contributed by atoms with Gasteiger partial charge in [-0.1, -0.05) is 62.8 Å². The Balaban J connectivity index is 0.000000208. The highest BCUT2D eigenvalue weighted by molar-refractivity contribution is 7.99. The van der Waals surface area contributed by atoms with Gasteiger partial charge in [0.05, 0.1) is 34.7 Å². The van der Waals surface area contributed by atoms with Gasteiger partial charge in [0.15, 0.2) is 0 Å². The monoisotopic (exact) mass is 782 g/mol. The Morgan fingerprint density at radius 3 is 1.30 bits per heavy atom. The van der Waals surface area contributed by atoms with Crippen molar-refractivity contribution in [2.75, 3.05) is 38.8 Å². The second kappa shape index (κ2) is 19.5. The number of hydrogen-bond donors (Lipinski definition) is 0. The fourth-order valence-corrected chi connectivity index (χ4v) is 9.58. The van der Waals surface area contributed by atoms with E-state index >= 15 is 0 Å². The molecule has 2 atom stereocenters. The summed E-state index contributed by atoms with van der Waals surface area (Å²) in [5, 5.41) is 0. The van der Waals surface area contributed by atoms with Crippen LogP contribution in [0.3, 0.4) is 0 Å². The molecule has 292 valence electrons. The summed E-state index contributed by atoms with van der Waals surface area (Å²) < 4.78 is 20.7. The van der Waals surface area contributed by atoms with Crippen molar-refractivity contribution in [2.24, 2.45) is 11.8 Å². The number of thioether (sulfide) groups is 2. The van der Waals surface area contributed by atoms with E-state index in [1.165, 1.54) is 60.0 Å². The summed E-state index contributed by atoms with van der Waals surface area (Å²) in [4.78, 5) is 77.7. The number of esters is 2. The van der Waals surface area contributed by atoms with Gasteiger partial charge < -0.3 is 18.9 Å². The maximum Gasteiger partial charge on any atom is 0.416 e. The lowest BCUT2D eigenvalue weighted by atomic mass is 9.76. The molecule has 2 aromatic rings. The van der Waals surface area contributed by atoms with Crippen LogP contribution in [0, 0.1) is 11.8 Å². The number of carbonyl (C=O) groups excluding carboxylic acids is 6. The number of carbonyl (C=O) groups is 6. The van der Waals surface area contributed by atoms with Crippen LogP contribution in [0.25, 0.3) is 0 Å². The van der Waals surface area contributed by atoms with Crippen molar-refractivity contribution in [3.05, 3.63) is 47.5 Å². The topological polar surface area (TPSA) is 146 Å². The first-order valence-electron chi connectivity index (χ1n) is 18.7. The molecule has 0 unspecified atom stereocenters. The van der Waals surface area contributed by atoms with E-state index in [2.05, 4.69) is 0 Å². The smallest absolute Gasteiger partial charge is 0.416 e. The lowest BCUT2D eigenvalue weighted by Crippen LogP contribution is -2.39. The molecule has 2 aliphatic carbocycles. The molecule has 0 radical (unpaired) electrons. The quantitative estimate of drug-likeness (QED) is 0.131. The van der Waals surface area contributed by atoms with Crippen molar-refractivity contribution < 1.29 is 47.7 Å². The van der Waals surface area contributed by atoms with Crippen molar-refractivity contribution in [3.8, 4) is 11.5 Å². The molecule has 54 heavy (non-hydrogen) atoms. The summed E-state index contributed by atoms with van der Waals surface area (Å²) in [7, 11) is 0. The van der Waals surface area contributed by atoms with Crippen LogP contribution in [-0.2, 0) is 28.7 Å². The van der Waals surface area contributed by atoms with E-state index in [1.54, 1.807) is 24.3 Å². The SMILES string of the molecule is CSc1c(OC(C)=O)cccc1[C@@H](C(=O)N1CCOC1=O)C1CCCCC1.CSc1c(OC(C)=O)cccc1[C@H](C(=O)N1CCOC1=O)C1CCCCC1. The number of amides is 4. The van der Waals surface area contributed by atoms with E-state index in [0.29, 0.717) is 24.6 Å². The van der Waals surface area contributed by atoms with Gasteiger partial charge in [0, 0.05) is 13.8 Å². The lowest BCUT2D eigenvalue weighted by Gasteiger charge is -2.32. The summed E-state index contributed by atoms with van der Waals surface area (Å²) in [6, 6.07) is 10.9. The molecule has 6 rings (SSSR count). The Hall–Kier alpha value is -4.04. The van der Waals surface area contributed by atoms with Gasteiger partial charge in [-0.3, -0.25) is 19.2 Å². The minimum absolute atomic E-state index is 0.165. The number of benzene rings is 2. The molecule has 2 aliphatic heterocycles. The standard InChI is InChI=1S/2C20H25NO5S/c2*1-13(22)26-16-10-6-9-15(18(16)27-2)17(14-7-4-3-5-8-14)19(23)21-11-12-25-20(21)24/h2*6,9-10,14,17H,3-5,7-8,11-12H2,1-2H3/t2*17-/m10/s1. The van der Waals surface area contributed by atoms with Gasteiger partial charge in [-0.25, -0.2) is 19.4 Å². The summed E-state index contributed by atoms with van der Waals surface area (Å²) in [6.07, 6.45) is 13.1. The predicted molar refractivity (Wildman–Crippen MR) is 204 cm³/mol. The number of imide groups is 2. The first kappa shape index (κ1) is 41.1. The second-order valence-electron chi connectivity index (χ2n) is 13.9. The van der Waals surface area contributed by atoms with Gasteiger partial charge in [-0.15, -0.1) is 23.5 Å². The zero-order valence-corrected chi connectivity index (χ0v) is 33.1. The fraction of sp³-hybridized carbons (Fsp3) is 0.550. The molecule has 14 heteroatoms. The predicted octanol–water partition coefficient (Wildman–Crippen LogP) is 7.95. The molecule has 2 aromatic carbocycles. The maximum absolute atomic E-state index is 13.4. The molecule has 0 N–H and O–H groups in total. The van der Waals surface area contributed by atoms with Crippen molar-refractivity contribution in [1.29, 1.82) is 0 Å². The maximum atomic E-state index is 13.4.